The van der Waals surface area contributed by atoms with Gasteiger partial charge in [0.15, 0.2) is 0 Å². The molecule has 5 nitrogen and oxygen atoms in total. The molecule has 6 heteroatoms. The summed E-state index contributed by atoms with van der Waals surface area (Å²) in [6.07, 6.45) is 1.46. The molecule has 0 fully saturated rings. The summed E-state index contributed by atoms with van der Waals surface area (Å²) in [5.74, 6) is 0.545. The smallest absolute Gasteiger partial charge is 0.332 e. The second-order valence-corrected chi connectivity index (χ2v) is 5.02. The van der Waals surface area contributed by atoms with Gasteiger partial charge in [0.1, 0.15) is 5.75 Å². The summed E-state index contributed by atoms with van der Waals surface area (Å²) in [5, 5.41) is 11.0. The lowest BCUT2D eigenvalue weighted by atomic mass is 10.1. The van der Waals surface area contributed by atoms with Crippen LogP contribution in [0.4, 0.5) is 5.69 Å². The predicted molar refractivity (Wildman–Crippen MR) is 74.6 cm³/mol. The van der Waals surface area contributed by atoms with Crippen LogP contribution in [-0.2, 0) is 0 Å². The zero-order valence-corrected chi connectivity index (χ0v) is 12.0. The summed E-state index contributed by atoms with van der Waals surface area (Å²) < 4.78 is 6.07. The third-order valence-electron chi connectivity index (χ3n) is 2.53. The van der Waals surface area contributed by atoms with E-state index >= 15 is 0 Å². The van der Waals surface area contributed by atoms with E-state index < -0.39 is 4.92 Å². The van der Waals surface area contributed by atoms with Crippen molar-refractivity contribution in [3.63, 3.8) is 0 Å². The molecule has 1 aromatic heterocycles. The van der Waals surface area contributed by atoms with E-state index in [2.05, 4.69) is 20.9 Å². The predicted octanol–water partition coefficient (Wildman–Crippen LogP) is 4.16. The minimum absolute atomic E-state index is 0.0137. The van der Waals surface area contributed by atoms with E-state index in [1.807, 2.05) is 26.0 Å². The average Bonchev–Trinajstić information content (AvgIpc) is 2.34. The second kappa shape index (κ2) is 5.36. The number of pyridine rings is 1. The maximum atomic E-state index is 11.0. The van der Waals surface area contributed by atoms with E-state index in [1.54, 1.807) is 6.07 Å². The Morgan fingerprint density at radius 1 is 1.32 bits per heavy atom. The summed E-state index contributed by atoms with van der Waals surface area (Å²) >= 11 is 3.15. The van der Waals surface area contributed by atoms with Gasteiger partial charge in [0.05, 0.1) is 4.92 Å². The molecule has 0 unspecified atom stereocenters. The van der Waals surface area contributed by atoms with Crippen LogP contribution in [0.1, 0.15) is 11.1 Å². The highest BCUT2D eigenvalue weighted by atomic mass is 79.9. The third-order valence-corrected chi connectivity index (χ3v) is 2.97. The molecule has 0 aliphatic carbocycles. The normalized spacial score (nSPS) is 10.3. The van der Waals surface area contributed by atoms with Crippen molar-refractivity contribution in [1.29, 1.82) is 0 Å². The van der Waals surface area contributed by atoms with E-state index in [-0.39, 0.29) is 11.6 Å². The monoisotopic (exact) mass is 322 g/mol. The molecule has 19 heavy (non-hydrogen) atoms. The molecule has 0 amide bonds. The first-order valence-corrected chi connectivity index (χ1v) is 6.31. The Morgan fingerprint density at radius 3 is 2.68 bits per heavy atom. The first kappa shape index (κ1) is 13.5. The van der Waals surface area contributed by atoms with E-state index in [4.69, 9.17) is 4.74 Å². The Morgan fingerprint density at radius 2 is 2.05 bits per heavy atom. The van der Waals surface area contributed by atoms with E-state index in [0.29, 0.717) is 10.2 Å². The number of aromatic nitrogens is 1. The summed E-state index contributed by atoms with van der Waals surface area (Å²) in [6.45, 7) is 3.85. The SMILES string of the molecule is Cc1ccc(Oc2ncc(Br)cc2[N+](=O)[O-])c(C)c1. The number of nitro groups is 1. The summed E-state index contributed by atoms with van der Waals surface area (Å²) in [5.41, 5.74) is 1.83. The van der Waals surface area contributed by atoms with Crippen molar-refractivity contribution in [2.24, 2.45) is 0 Å². The molecular weight excluding hydrogens is 312 g/mol. The Bertz CT molecular complexity index is 644. The van der Waals surface area contributed by atoms with Crippen LogP contribution >= 0.6 is 15.9 Å². The quantitative estimate of drug-likeness (QED) is 0.628. The Labute approximate surface area is 118 Å². The van der Waals surface area contributed by atoms with Crippen molar-refractivity contribution < 1.29 is 9.66 Å². The maximum Gasteiger partial charge on any atom is 0.332 e. The highest BCUT2D eigenvalue weighted by Gasteiger charge is 2.18. The number of ether oxygens (including phenoxy) is 1. The molecule has 0 bridgehead atoms. The molecule has 1 aromatic carbocycles. The number of aryl methyl sites for hydroxylation is 2. The van der Waals surface area contributed by atoms with Crippen molar-refractivity contribution >= 4 is 21.6 Å². The van der Waals surface area contributed by atoms with Crippen LogP contribution in [0.25, 0.3) is 0 Å². The van der Waals surface area contributed by atoms with Gasteiger partial charge in [-0.3, -0.25) is 10.1 Å². The number of benzene rings is 1. The molecule has 0 atom stereocenters. The van der Waals surface area contributed by atoms with Gasteiger partial charge in [-0.05, 0) is 41.4 Å². The minimum Gasteiger partial charge on any atom is -0.433 e. The zero-order chi connectivity index (χ0) is 14.0. The molecule has 2 aromatic rings. The van der Waals surface area contributed by atoms with Gasteiger partial charge in [0.25, 0.3) is 5.88 Å². The van der Waals surface area contributed by atoms with E-state index in [1.165, 1.54) is 12.3 Å². The van der Waals surface area contributed by atoms with E-state index in [0.717, 1.165) is 11.1 Å². The number of nitrogens with zero attached hydrogens (tertiary/aromatic N) is 2. The fourth-order valence-electron chi connectivity index (χ4n) is 1.64. The number of rotatable bonds is 3. The molecular formula is C13H11BrN2O3. The molecule has 0 saturated carbocycles. The molecule has 0 spiro atoms. The van der Waals surface area contributed by atoms with Crippen molar-refractivity contribution in [1.82, 2.24) is 4.98 Å². The third kappa shape index (κ3) is 3.08. The van der Waals surface area contributed by atoms with Gasteiger partial charge >= 0.3 is 5.69 Å². The van der Waals surface area contributed by atoms with Crippen LogP contribution in [0, 0.1) is 24.0 Å². The Kier molecular flexibility index (Phi) is 3.80. The fourth-order valence-corrected chi connectivity index (χ4v) is 1.96. The topological polar surface area (TPSA) is 65.3 Å². The Hall–Kier alpha value is -1.95. The maximum absolute atomic E-state index is 11.0. The molecule has 0 aliphatic heterocycles. The number of halogens is 1. The van der Waals surface area contributed by atoms with Crippen LogP contribution in [0.2, 0.25) is 0 Å². The van der Waals surface area contributed by atoms with Gasteiger partial charge in [0.2, 0.25) is 0 Å². The average molecular weight is 323 g/mol. The molecule has 98 valence electrons. The van der Waals surface area contributed by atoms with Crippen LogP contribution < -0.4 is 4.74 Å². The number of hydrogen-bond acceptors (Lipinski definition) is 4. The lowest BCUT2D eigenvalue weighted by molar-refractivity contribution is -0.386. The van der Waals surface area contributed by atoms with Crippen LogP contribution in [0.15, 0.2) is 34.9 Å². The molecule has 1 heterocycles. The zero-order valence-electron chi connectivity index (χ0n) is 10.4. The van der Waals surface area contributed by atoms with Crippen molar-refractivity contribution in [2.45, 2.75) is 13.8 Å². The highest BCUT2D eigenvalue weighted by molar-refractivity contribution is 9.10. The molecule has 0 radical (unpaired) electrons. The van der Waals surface area contributed by atoms with Gasteiger partial charge < -0.3 is 4.74 Å². The van der Waals surface area contributed by atoms with Gasteiger partial charge in [-0.2, -0.15) is 0 Å². The van der Waals surface area contributed by atoms with E-state index in [9.17, 15) is 10.1 Å². The van der Waals surface area contributed by atoms with Crippen LogP contribution in [0.5, 0.6) is 11.6 Å². The van der Waals surface area contributed by atoms with Gasteiger partial charge in [-0.25, -0.2) is 4.98 Å². The van der Waals surface area contributed by atoms with Crippen LogP contribution in [0.3, 0.4) is 0 Å². The lowest BCUT2D eigenvalue weighted by Crippen LogP contribution is -1.97. The minimum atomic E-state index is -0.517. The van der Waals surface area contributed by atoms with Crippen molar-refractivity contribution in [3.8, 4) is 11.6 Å². The van der Waals surface area contributed by atoms with Gasteiger partial charge in [-0.15, -0.1) is 0 Å². The van der Waals surface area contributed by atoms with Crippen molar-refractivity contribution in [2.75, 3.05) is 0 Å². The summed E-state index contributed by atoms with van der Waals surface area (Å²) in [4.78, 5) is 14.4. The fraction of sp³-hybridized carbons (Fsp3) is 0.154. The van der Waals surface area contributed by atoms with Crippen molar-refractivity contribution in [3.05, 3.63) is 56.2 Å². The summed E-state index contributed by atoms with van der Waals surface area (Å²) in [7, 11) is 0. The molecule has 0 N–H and O–H groups in total. The lowest BCUT2D eigenvalue weighted by Gasteiger charge is -2.08. The highest BCUT2D eigenvalue weighted by Crippen LogP contribution is 2.32. The van der Waals surface area contributed by atoms with Gasteiger partial charge in [-0.1, -0.05) is 17.7 Å². The molecule has 2 rings (SSSR count). The largest absolute Gasteiger partial charge is 0.433 e. The van der Waals surface area contributed by atoms with Gasteiger partial charge in [0, 0.05) is 16.7 Å². The molecule has 0 aliphatic rings. The Balaban J connectivity index is 2.40. The second-order valence-electron chi connectivity index (χ2n) is 4.11. The summed E-state index contributed by atoms with van der Waals surface area (Å²) in [6, 6.07) is 6.97. The van der Waals surface area contributed by atoms with Crippen LogP contribution in [-0.4, -0.2) is 9.91 Å². The molecule has 0 saturated heterocycles. The first-order valence-electron chi connectivity index (χ1n) is 5.52. The number of hydrogen-bond donors (Lipinski definition) is 0. The first-order chi connectivity index (χ1) is 8.97. The standard InChI is InChI=1S/C13H11BrN2O3/c1-8-3-4-12(9(2)5-8)19-13-11(16(17)18)6-10(14)7-15-13/h3-7H,1-2H3.